The SMILES string of the molecule is O=C(Nc1cc(F)ccc1Br)c1ccc2nccnc2c1. The Labute approximate surface area is 128 Å². The topological polar surface area (TPSA) is 54.9 Å². The molecule has 0 saturated carbocycles. The van der Waals surface area contributed by atoms with Crippen LogP contribution >= 0.6 is 15.9 Å². The van der Waals surface area contributed by atoms with Crippen molar-refractivity contribution in [3.8, 4) is 0 Å². The number of hydrogen-bond acceptors (Lipinski definition) is 3. The number of anilines is 1. The lowest BCUT2D eigenvalue weighted by Crippen LogP contribution is -2.12. The van der Waals surface area contributed by atoms with Crippen molar-refractivity contribution in [1.29, 1.82) is 0 Å². The second-order valence-corrected chi connectivity index (χ2v) is 5.19. The van der Waals surface area contributed by atoms with E-state index in [9.17, 15) is 9.18 Å². The molecule has 2 aromatic carbocycles. The Hall–Kier alpha value is -2.34. The largest absolute Gasteiger partial charge is 0.321 e. The number of amides is 1. The van der Waals surface area contributed by atoms with Crippen molar-refractivity contribution in [3.63, 3.8) is 0 Å². The third kappa shape index (κ3) is 2.90. The molecule has 4 nitrogen and oxygen atoms in total. The van der Waals surface area contributed by atoms with Gasteiger partial charge in [-0.2, -0.15) is 0 Å². The van der Waals surface area contributed by atoms with Gasteiger partial charge in [0.25, 0.3) is 5.91 Å². The standard InChI is InChI=1S/C15H9BrFN3O/c16-11-3-2-10(17)8-13(11)20-15(21)9-1-4-12-14(7-9)19-6-5-18-12/h1-8H,(H,20,21). The fourth-order valence-corrected chi connectivity index (χ4v) is 2.24. The van der Waals surface area contributed by atoms with Gasteiger partial charge in [0.1, 0.15) is 5.82 Å². The minimum Gasteiger partial charge on any atom is -0.321 e. The van der Waals surface area contributed by atoms with E-state index in [4.69, 9.17) is 0 Å². The number of nitrogens with zero attached hydrogens (tertiary/aromatic N) is 2. The number of rotatable bonds is 2. The number of carbonyl (C=O) groups excluding carboxylic acids is 1. The van der Waals surface area contributed by atoms with Gasteiger partial charge in [0.05, 0.1) is 16.7 Å². The highest BCUT2D eigenvalue weighted by Gasteiger charge is 2.10. The van der Waals surface area contributed by atoms with Crippen molar-refractivity contribution in [2.24, 2.45) is 0 Å². The molecule has 21 heavy (non-hydrogen) atoms. The summed E-state index contributed by atoms with van der Waals surface area (Å²) < 4.78 is 13.8. The zero-order valence-electron chi connectivity index (χ0n) is 10.7. The summed E-state index contributed by atoms with van der Waals surface area (Å²) in [6, 6.07) is 9.12. The molecule has 0 fully saturated rings. The van der Waals surface area contributed by atoms with E-state index in [0.717, 1.165) is 0 Å². The molecule has 0 radical (unpaired) electrons. The molecule has 1 aromatic heterocycles. The highest BCUT2D eigenvalue weighted by molar-refractivity contribution is 9.10. The monoisotopic (exact) mass is 345 g/mol. The lowest BCUT2D eigenvalue weighted by molar-refractivity contribution is 0.102. The van der Waals surface area contributed by atoms with Crippen molar-refractivity contribution < 1.29 is 9.18 Å². The Morgan fingerprint density at radius 1 is 1.05 bits per heavy atom. The van der Waals surface area contributed by atoms with E-state index < -0.39 is 5.82 Å². The first-order valence-electron chi connectivity index (χ1n) is 6.11. The Kier molecular flexibility index (Phi) is 3.62. The van der Waals surface area contributed by atoms with Crippen molar-refractivity contribution in [3.05, 3.63) is 64.6 Å². The summed E-state index contributed by atoms with van der Waals surface area (Å²) in [4.78, 5) is 20.5. The predicted molar refractivity (Wildman–Crippen MR) is 81.6 cm³/mol. The van der Waals surface area contributed by atoms with Gasteiger partial charge in [-0.15, -0.1) is 0 Å². The first kappa shape index (κ1) is 13.6. The van der Waals surface area contributed by atoms with Crippen molar-refractivity contribution >= 4 is 38.6 Å². The van der Waals surface area contributed by atoms with E-state index >= 15 is 0 Å². The average molecular weight is 346 g/mol. The van der Waals surface area contributed by atoms with Crippen LogP contribution in [-0.2, 0) is 0 Å². The molecule has 1 heterocycles. The van der Waals surface area contributed by atoms with Gasteiger partial charge in [0, 0.05) is 22.4 Å². The number of aromatic nitrogens is 2. The molecule has 0 aliphatic carbocycles. The zero-order chi connectivity index (χ0) is 14.8. The van der Waals surface area contributed by atoms with Gasteiger partial charge in [-0.1, -0.05) is 0 Å². The maximum atomic E-state index is 13.2. The van der Waals surface area contributed by atoms with E-state index in [1.54, 1.807) is 30.6 Å². The summed E-state index contributed by atoms with van der Waals surface area (Å²) in [7, 11) is 0. The summed E-state index contributed by atoms with van der Waals surface area (Å²) in [5, 5.41) is 2.66. The van der Waals surface area contributed by atoms with Crippen LogP contribution in [0.15, 0.2) is 53.3 Å². The number of carbonyl (C=O) groups is 1. The lowest BCUT2D eigenvalue weighted by atomic mass is 10.1. The van der Waals surface area contributed by atoms with Crippen molar-refractivity contribution in [2.75, 3.05) is 5.32 Å². The van der Waals surface area contributed by atoms with Gasteiger partial charge >= 0.3 is 0 Å². The fraction of sp³-hybridized carbons (Fsp3) is 0. The molecule has 1 amide bonds. The smallest absolute Gasteiger partial charge is 0.255 e. The van der Waals surface area contributed by atoms with Crippen LogP contribution in [0.2, 0.25) is 0 Å². The molecule has 6 heteroatoms. The molecule has 0 aliphatic heterocycles. The fourth-order valence-electron chi connectivity index (χ4n) is 1.89. The lowest BCUT2D eigenvalue weighted by Gasteiger charge is -2.08. The molecule has 0 unspecified atom stereocenters. The van der Waals surface area contributed by atoms with E-state index in [2.05, 4.69) is 31.2 Å². The van der Waals surface area contributed by atoms with Gasteiger partial charge < -0.3 is 5.32 Å². The van der Waals surface area contributed by atoms with E-state index in [-0.39, 0.29) is 5.91 Å². The third-order valence-electron chi connectivity index (χ3n) is 2.91. The Balaban J connectivity index is 1.91. The second kappa shape index (κ2) is 5.57. The molecule has 1 N–H and O–H groups in total. The predicted octanol–water partition coefficient (Wildman–Crippen LogP) is 3.78. The van der Waals surface area contributed by atoms with Crippen LogP contribution in [-0.4, -0.2) is 15.9 Å². The Bertz CT molecular complexity index is 838. The molecule has 104 valence electrons. The van der Waals surface area contributed by atoms with Gasteiger partial charge in [-0.05, 0) is 52.3 Å². The number of benzene rings is 2. The zero-order valence-corrected chi connectivity index (χ0v) is 12.3. The molecular formula is C15H9BrFN3O. The van der Waals surface area contributed by atoms with Crippen LogP contribution in [0.25, 0.3) is 11.0 Å². The molecule has 0 bridgehead atoms. The summed E-state index contributed by atoms with van der Waals surface area (Å²) >= 11 is 3.27. The molecule has 0 saturated heterocycles. The maximum absolute atomic E-state index is 13.2. The van der Waals surface area contributed by atoms with Crippen LogP contribution in [0.4, 0.5) is 10.1 Å². The minimum atomic E-state index is -0.419. The quantitative estimate of drug-likeness (QED) is 0.768. The summed E-state index contributed by atoms with van der Waals surface area (Å²) in [6.07, 6.45) is 3.15. The number of fused-ring (bicyclic) bond motifs is 1. The Morgan fingerprint density at radius 2 is 1.81 bits per heavy atom. The highest BCUT2D eigenvalue weighted by Crippen LogP contribution is 2.24. The van der Waals surface area contributed by atoms with Gasteiger partial charge in [-0.25, -0.2) is 4.39 Å². The van der Waals surface area contributed by atoms with Crippen molar-refractivity contribution in [2.45, 2.75) is 0 Å². The van der Waals surface area contributed by atoms with E-state index in [1.165, 1.54) is 18.2 Å². The maximum Gasteiger partial charge on any atom is 0.255 e. The van der Waals surface area contributed by atoms with E-state index in [0.29, 0.717) is 26.8 Å². The number of hydrogen-bond donors (Lipinski definition) is 1. The average Bonchev–Trinajstić information content (AvgIpc) is 2.50. The molecule has 3 aromatic rings. The van der Waals surface area contributed by atoms with Crippen LogP contribution < -0.4 is 5.32 Å². The molecule has 0 atom stereocenters. The second-order valence-electron chi connectivity index (χ2n) is 4.34. The molecule has 3 rings (SSSR count). The molecule has 0 spiro atoms. The van der Waals surface area contributed by atoms with E-state index in [1.807, 2.05) is 0 Å². The van der Waals surface area contributed by atoms with Crippen LogP contribution in [0.3, 0.4) is 0 Å². The Morgan fingerprint density at radius 3 is 2.62 bits per heavy atom. The number of nitrogens with one attached hydrogen (secondary N) is 1. The molecule has 0 aliphatic rings. The van der Waals surface area contributed by atoms with Gasteiger partial charge in [0.15, 0.2) is 0 Å². The number of halogens is 2. The van der Waals surface area contributed by atoms with Crippen LogP contribution in [0, 0.1) is 5.82 Å². The summed E-state index contributed by atoms with van der Waals surface area (Å²) in [5.74, 6) is -0.758. The summed E-state index contributed by atoms with van der Waals surface area (Å²) in [6.45, 7) is 0. The van der Waals surface area contributed by atoms with Crippen LogP contribution in [0.5, 0.6) is 0 Å². The first-order valence-corrected chi connectivity index (χ1v) is 6.90. The summed E-state index contributed by atoms with van der Waals surface area (Å²) in [5.41, 5.74) is 2.14. The third-order valence-corrected chi connectivity index (χ3v) is 3.60. The molecular weight excluding hydrogens is 337 g/mol. The first-order chi connectivity index (χ1) is 10.1. The minimum absolute atomic E-state index is 0.339. The van der Waals surface area contributed by atoms with Crippen LogP contribution in [0.1, 0.15) is 10.4 Å². The van der Waals surface area contributed by atoms with Gasteiger partial charge in [0.2, 0.25) is 0 Å². The normalized spacial score (nSPS) is 10.6. The highest BCUT2D eigenvalue weighted by atomic mass is 79.9. The van der Waals surface area contributed by atoms with Gasteiger partial charge in [-0.3, -0.25) is 14.8 Å². The van der Waals surface area contributed by atoms with Crippen molar-refractivity contribution in [1.82, 2.24) is 9.97 Å².